The van der Waals surface area contributed by atoms with E-state index in [2.05, 4.69) is 4.89 Å². The van der Waals surface area contributed by atoms with E-state index >= 15 is 0 Å². The standard InChI is InChI=1S/C8H6O5.6H2O/c9-7(10)5-2-1-3-6(4-5)8(11)13-12;;;;;;/h1-4,12H,(H,9,10);6*1H2. The van der Waals surface area contributed by atoms with Crippen LogP contribution in [-0.2, 0) is 4.89 Å². The molecule has 116 valence electrons. The molecule has 1 aromatic carbocycles. The molecule has 0 fully saturated rings. The number of carbonyl (C=O) groups is 2. The molecule has 0 spiro atoms. The molecule has 11 heteroatoms. The molecule has 0 aliphatic carbocycles. The molecule has 0 radical (unpaired) electrons. The highest BCUT2D eigenvalue weighted by Crippen LogP contribution is 2.06. The first kappa shape index (κ1) is 36.0. The second kappa shape index (κ2) is 15.9. The fourth-order valence-electron chi connectivity index (χ4n) is 0.832. The van der Waals surface area contributed by atoms with E-state index in [1.807, 2.05) is 0 Å². The van der Waals surface area contributed by atoms with Crippen molar-refractivity contribution in [3.63, 3.8) is 0 Å². The van der Waals surface area contributed by atoms with Gasteiger partial charge in [0.05, 0.1) is 11.1 Å². The largest absolute Gasteiger partial charge is 0.478 e. The number of carbonyl (C=O) groups excluding carboxylic acids is 1. The Bertz CT molecular complexity index is 350. The summed E-state index contributed by atoms with van der Waals surface area (Å²) in [6, 6.07) is 5.16. The highest BCUT2D eigenvalue weighted by molar-refractivity contribution is 5.94. The van der Waals surface area contributed by atoms with E-state index in [0.717, 1.165) is 6.07 Å². The van der Waals surface area contributed by atoms with Gasteiger partial charge in [-0.25, -0.2) is 9.59 Å². The summed E-state index contributed by atoms with van der Waals surface area (Å²) in [6.45, 7) is 0. The summed E-state index contributed by atoms with van der Waals surface area (Å²) < 4.78 is 0. The van der Waals surface area contributed by atoms with Gasteiger partial charge in [0.1, 0.15) is 0 Å². The van der Waals surface area contributed by atoms with Crippen molar-refractivity contribution in [1.29, 1.82) is 0 Å². The molecular formula is C8H18O11. The molecule has 0 atom stereocenters. The van der Waals surface area contributed by atoms with Crippen molar-refractivity contribution < 1.29 is 57.7 Å². The predicted octanol–water partition coefficient (Wildman–Crippen LogP) is -3.93. The monoisotopic (exact) mass is 290 g/mol. The van der Waals surface area contributed by atoms with Gasteiger partial charge in [-0.15, -0.1) is 0 Å². The van der Waals surface area contributed by atoms with Crippen molar-refractivity contribution >= 4 is 11.9 Å². The zero-order chi connectivity index (χ0) is 9.84. The zero-order valence-corrected chi connectivity index (χ0v) is 9.43. The number of benzene rings is 1. The van der Waals surface area contributed by atoms with Crippen LogP contribution in [0.4, 0.5) is 0 Å². The number of carboxylic acids is 1. The number of hydrogen-bond donors (Lipinski definition) is 2. The third kappa shape index (κ3) is 9.57. The summed E-state index contributed by atoms with van der Waals surface area (Å²) in [5.74, 6) is -2.13. The molecule has 1 rings (SSSR count). The average Bonchev–Trinajstić information content (AvgIpc) is 2.17. The van der Waals surface area contributed by atoms with E-state index in [1.165, 1.54) is 18.2 Å². The van der Waals surface area contributed by atoms with Crippen LogP contribution in [0.15, 0.2) is 24.3 Å². The summed E-state index contributed by atoms with van der Waals surface area (Å²) in [5, 5.41) is 16.6. The fraction of sp³-hybridized carbons (Fsp3) is 0. The lowest BCUT2D eigenvalue weighted by molar-refractivity contribution is -0.182. The molecule has 19 heavy (non-hydrogen) atoms. The molecule has 0 amide bonds. The van der Waals surface area contributed by atoms with Gasteiger partial charge in [-0.05, 0) is 18.2 Å². The fourth-order valence-corrected chi connectivity index (χ4v) is 0.832. The lowest BCUT2D eigenvalue weighted by Gasteiger charge is -1.97. The van der Waals surface area contributed by atoms with Crippen molar-refractivity contribution in [1.82, 2.24) is 0 Å². The van der Waals surface area contributed by atoms with Crippen LogP contribution in [-0.4, -0.2) is 55.2 Å². The molecule has 0 aromatic heterocycles. The summed E-state index contributed by atoms with van der Waals surface area (Å²) in [4.78, 5) is 24.6. The van der Waals surface area contributed by atoms with Gasteiger partial charge in [0.15, 0.2) is 0 Å². The van der Waals surface area contributed by atoms with Gasteiger partial charge in [0.2, 0.25) is 0 Å². The predicted molar refractivity (Wildman–Crippen MR) is 63.1 cm³/mol. The van der Waals surface area contributed by atoms with E-state index in [-0.39, 0.29) is 44.0 Å². The Hall–Kier alpha value is -2.12. The van der Waals surface area contributed by atoms with Crippen molar-refractivity contribution in [3.8, 4) is 0 Å². The number of carboxylic acid groups (broad SMARTS) is 1. The number of hydrogen-bond acceptors (Lipinski definition) is 4. The van der Waals surface area contributed by atoms with Gasteiger partial charge >= 0.3 is 11.9 Å². The first-order valence-corrected chi connectivity index (χ1v) is 3.34. The molecule has 0 aliphatic rings. The van der Waals surface area contributed by atoms with Gasteiger partial charge in [-0.1, -0.05) is 6.07 Å². The van der Waals surface area contributed by atoms with E-state index in [4.69, 9.17) is 10.4 Å². The third-order valence-electron chi connectivity index (χ3n) is 1.43. The Labute approximate surface area is 106 Å². The minimum atomic E-state index is -1.15. The van der Waals surface area contributed by atoms with Crippen LogP contribution in [0.3, 0.4) is 0 Å². The SMILES string of the molecule is O.O.O.O.O.O.O=C(O)c1cccc(C(=O)OO)c1. The maximum absolute atomic E-state index is 10.7. The van der Waals surface area contributed by atoms with E-state index < -0.39 is 11.9 Å². The quantitative estimate of drug-likeness (QED) is 0.406. The molecule has 1 aromatic rings. The average molecular weight is 290 g/mol. The number of rotatable bonds is 2. The molecule has 11 nitrogen and oxygen atoms in total. The molecule has 0 aliphatic heterocycles. The van der Waals surface area contributed by atoms with Crippen LogP contribution in [0.2, 0.25) is 0 Å². The summed E-state index contributed by atoms with van der Waals surface area (Å²) in [7, 11) is 0. The topological polar surface area (TPSA) is 273 Å². The maximum Gasteiger partial charge on any atom is 0.372 e. The van der Waals surface area contributed by atoms with Crippen LogP contribution in [0.25, 0.3) is 0 Å². The van der Waals surface area contributed by atoms with Crippen LogP contribution < -0.4 is 0 Å². The van der Waals surface area contributed by atoms with Crippen molar-refractivity contribution in [2.45, 2.75) is 0 Å². The second-order valence-electron chi connectivity index (χ2n) is 2.26. The van der Waals surface area contributed by atoms with Crippen molar-refractivity contribution in [3.05, 3.63) is 35.4 Å². The Balaban J connectivity index is -0.0000000704. The Morgan fingerprint density at radius 2 is 1.32 bits per heavy atom. The van der Waals surface area contributed by atoms with Crippen LogP contribution in [0, 0.1) is 0 Å². The second-order valence-corrected chi connectivity index (χ2v) is 2.26. The molecule has 14 N–H and O–H groups in total. The summed E-state index contributed by atoms with van der Waals surface area (Å²) >= 11 is 0. The lowest BCUT2D eigenvalue weighted by Crippen LogP contribution is -2.04. The summed E-state index contributed by atoms with van der Waals surface area (Å²) in [6.07, 6.45) is 0. The normalized spacial score (nSPS) is 6.37. The van der Waals surface area contributed by atoms with Crippen LogP contribution in [0.1, 0.15) is 20.7 Å². The lowest BCUT2D eigenvalue weighted by atomic mass is 10.1. The first-order valence-electron chi connectivity index (χ1n) is 3.34. The summed E-state index contributed by atoms with van der Waals surface area (Å²) in [5.41, 5.74) is -0.0506. The highest BCUT2D eigenvalue weighted by atomic mass is 17.1. The molecule has 0 saturated carbocycles. The zero-order valence-electron chi connectivity index (χ0n) is 9.43. The maximum atomic E-state index is 10.7. The van der Waals surface area contributed by atoms with E-state index in [0.29, 0.717) is 0 Å². The van der Waals surface area contributed by atoms with E-state index in [1.54, 1.807) is 0 Å². The highest BCUT2D eigenvalue weighted by Gasteiger charge is 2.09. The smallest absolute Gasteiger partial charge is 0.372 e. The van der Waals surface area contributed by atoms with Gasteiger partial charge in [0, 0.05) is 0 Å². The Kier molecular flexibility index (Phi) is 30.1. The van der Waals surface area contributed by atoms with Crippen molar-refractivity contribution in [2.24, 2.45) is 0 Å². The molecular weight excluding hydrogens is 272 g/mol. The number of aromatic carboxylic acids is 1. The van der Waals surface area contributed by atoms with Crippen LogP contribution in [0.5, 0.6) is 0 Å². The molecule has 0 saturated heterocycles. The Morgan fingerprint density at radius 3 is 1.68 bits per heavy atom. The van der Waals surface area contributed by atoms with E-state index in [9.17, 15) is 9.59 Å². The van der Waals surface area contributed by atoms with Gasteiger partial charge < -0.3 is 38.0 Å². The van der Waals surface area contributed by atoms with Crippen molar-refractivity contribution in [2.75, 3.05) is 0 Å². The van der Waals surface area contributed by atoms with Gasteiger partial charge in [0.25, 0.3) is 0 Å². The molecule has 0 unspecified atom stereocenters. The minimum absolute atomic E-state index is 0. The third-order valence-corrected chi connectivity index (χ3v) is 1.43. The Morgan fingerprint density at radius 1 is 0.895 bits per heavy atom. The van der Waals surface area contributed by atoms with Crippen LogP contribution >= 0.6 is 0 Å². The first-order chi connectivity index (χ1) is 6.15. The molecule has 0 bridgehead atoms. The minimum Gasteiger partial charge on any atom is -0.478 e. The molecule has 0 heterocycles. The van der Waals surface area contributed by atoms with Gasteiger partial charge in [-0.3, -0.25) is 4.89 Å². The van der Waals surface area contributed by atoms with Gasteiger partial charge in [-0.2, -0.15) is 5.26 Å².